The minimum Gasteiger partial charge on any atom is -0.355 e. The molecule has 158 valence electrons. The number of aromatic nitrogens is 1. The Labute approximate surface area is 180 Å². The second kappa shape index (κ2) is 9.84. The molecule has 0 saturated heterocycles. The molecule has 0 bridgehead atoms. The third-order valence-electron chi connectivity index (χ3n) is 4.49. The molecule has 0 aliphatic rings. The maximum atomic E-state index is 13.0. The van der Waals surface area contributed by atoms with Crippen molar-refractivity contribution in [1.29, 1.82) is 0 Å². The Morgan fingerprint density at radius 2 is 1.83 bits per heavy atom. The van der Waals surface area contributed by atoms with Crippen LogP contribution < -0.4 is 10.0 Å². The van der Waals surface area contributed by atoms with E-state index in [0.717, 1.165) is 28.2 Å². The SMILES string of the molecule is CCc1csc([C@H](C(=O)NCCc2ccc(NS(=O)(=O)O)cc2)c2ccccc2)n1. The molecule has 1 atom stereocenters. The lowest BCUT2D eigenvalue weighted by molar-refractivity contribution is -0.121. The molecule has 3 N–H and O–H groups in total. The van der Waals surface area contributed by atoms with Gasteiger partial charge in [-0.05, 0) is 36.1 Å². The molecule has 0 unspecified atom stereocenters. The van der Waals surface area contributed by atoms with Crippen molar-refractivity contribution in [2.24, 2.45) is 0 Å². The molecule has 3 aromatic rings. The third-order valence-corrected chi connectivity index (χ3v) is 5.94. The molecule has 1 aromatic heterocycles. The van der Waals surface area contributed by atoms with Gasteiger partial charge in [0.2, 0.25) is 5.91 Å². The fourth-order valence-electron chi connectivity index (χ4n) is 2.99. The Morgan fingerprint density at radius 3 is 2.43 bits per heavy atom. The first-order valence-electron chi connectivity index (χ1n) is 9.47. The summed E-state index contributed by atoms with van der Waals surface area (Å²) in [7, 11) is -4.29. The largest absolute Gasteiger partial charge is 0.357 e. The lowest BCUT2D eigenvalue weighted by Crippen LogP contribution is -2.31. The van der Waals surface area contributed by atoms with Crippen molar-refractivity contribution in [3.63, 3.8) is 0 Å². The molecule has 1 heterocycles. The van der Waals surface area contributed by atoms with Crippen molar-refractivity contribution in [1.82, 2.24) is 10.3 Å². The molecule has 0 radical (unpaired) electrons. The number of anilines is 1. The number of nitrogens with zero attached hydrogens (tertiary/aromatic N) is 1. The molecule has 0 spiro atoms. The topological polar surface area (TPSA) is 108 Å². The molecule has 9 heteroatoms. The van der Waals surface area contributed by atoms with E-state index < -0.39 is 16.2 Å². The number of nitrogens with one attached hydrogen (secondary N) is 2. The van der Waals surface area contributed by atoms with Gasteiger partial charge in [0.1, 0.15) is 10.9 Å². The fraction of sp³-hybridized carbons (Fsp3) is 0.238. The number of hydrogen-bond donors (Lipinski definition) is 3. The van der Waals surface area contributed by atoms with Gasteiger partial charge in [-0.3, -0.25) is 14.1 Å². The van der Waals surface area contributed by atoms with Gasteiger partial charge in [-0.25, -0.2) is 4.98 Å². The Morgan fingerprint density at radius 1 is 1.13 bits per heavy atom. The van der Waals surface area contributed by atoms with Gasteiger partial charge in [0.15, 0.2) is 0 Å². The molecule has 1 amide bonds. The zero-order valence-corrected chi connectivity index (χ0v) is 18.0. The lowest BCUT2D eigenvalue weighted by Gasteiger charge is -2.15. The predicted octanol–water partition coefficient (Wildman–Crippen LogP) is 3.41. The summed E-state index contributed by atoms with van der Waals surface area (Å²) in [6, 6.07) is 16.2. The highest BCUT2D eigenvalue weighted by atomic mass is 32.2. The van der Waals surface area contributed by atoms with Crippen LogP contribution in [0.1, 0.15) is 34.7 Å². The highest BCUT2D eigenvalue weighted by Crippen LogP contribution is 2.28. The smallest absolute Gasteiger partial charge is 0.355 e. The molecule has 30 heavy (non-hydrogen) atoms. The van der Waals surface area contributed by atoms with Gasteiger partial charge in [-0.15, -0.1) is 11.3 Å². The van der Waals surface area contributed by atoms with Gasteiger partial charge < -0.3 is 5.32 Å². The highest BCUT2D eigenvalue weighted by molar-refractivity contribution is 7.87. The summed E-state index contributed by atoms with van der Waals surface area (Å²) >= 11 is 1.49. The van der Waals surface area contributed by atoms with Crippen LogP contribution in [0.4, 0.5) is 5.69 Å². The minimum absolute atomic E-state index is 0.108. The summed E-state index contributed by atoms with van der Waals surface area (Å²) in [5.41, 5.74) is 3.06. The standard InChI is InChI=1S/C21H23N3O4S2/c1-2-17-14-29-21(23-17)19(16-6-4-3-5-7-16)20(25)22-13-12-15-8-10-18(11-9-15)24-30(26,27)28/h3-11,14,19,24H,2,12-13H2,1H3,(H,22,25)(H,26,27,28)/t19-/m0/s1. The van der Waals surface area contributed by atoms with Crippen molar-refractivity contribution in [2.75, 3.05) is 11.3 Å². The number of rotatable bonds is 9. The van der Waals surface area contributed by atoms with Crippen LogP contribution in [0.3, 0.4) is 0 Å². The number of benzene rings is 2. The minimum atomic E-state index is -4.29. The number of carbonyl (C=O) groups is 1. The summed E-state index contributed by atoms with van der Waals surface area (Å²) in [6.07, 6.45) is 1.40. The molecular weight excluding hydrogens is 422 g/mol. The van der Waals surface area contributed by atoms with Gasteiger partial charge in [0, 0.05) is 11.9 Å². The summed E-state index contributed by atoms with van der Waals surface area (Å²) in [4.78, 5) is 17.6. The van der Waals surface area contributed by atoms with E-state index in [9.17, 15) is 13.2 Å². The highest BCUT2D eigenvalue weighted by Gasteiger charge is 2.25. The van der Waals surface area contributed by atoms with E-state index in [0.29, 0.717) is 13.0 Å². The average molecular weight is 446 g/mol. The maximum absolute atomic E-state index is 13.0. The van der Waals surface area contributed by atoms with E-state index in [4.69, 9.17) is 4.55 Å². The van der Waals surface area contributed by atoms with Crippen LogP contribution in [-0.4, -0.2) is 30.4 Å². The van der Waals surface area contributed by atoms with E-state index in [1.165, 1.54) is 11.3 Å². The maximum Gasteiger partial charge on any atom is 0.357 e. The first kappa shape index (κ1) is 21.9. The van der Waals surface area contributed by atoms with E-state index in [1.54, 1.807) is 24.3 Å². The summed E-state index contributed by atoms with van der Waals surface area (Å²) in [6.45, 7) is 2.46. The zero-order chi connectivity index (χ0) is 21.6. The van der Waals surface area contributed by atoms with Crippen LogP contribution in [0.2, 0.25) is 0 Å². The van der Waals surface area contributed by atoms with Crippen LogP contribution in [0.15, 0.2) is 60.0 Å². The normalized spacial score (nSPS) is 12.3. The van der Waals surface area contributed by atoms with E-state index in [-0.39, 0.29) is 11.6 Å². The van der Waals surface area contributed by atoms with Gasteiger partial charge in [0.25, 0.3) is 0 Å². The monoisotopic (exact) mass is 445 g/mol. The summed E-state index contributed by atoms with van der Waals surface area (Å²) in [5, 5.41) is 5.75. The lowest BCUT2D eigenvalue weighted by atomic mass is 9.98. The van der Waals surface area contributed by atoms with Gasteiger partial charge in [-0.1, -0.05) is 49.4 Å². The predicted molar refractivity (Wildman–Crippen MR) is 118 cm³/mol. The second-order valence-corrected chi connectivity index (χ2v) is 8.73. The van der Waals surface area contributed by atoms with Crippen LogP contribution in [0, 0.1) is 0 Å². The Kier molecular flexibility index (Phi) is 7.20. The number of aryl methyl sites for hydroxylation is 1. The number of amides is 1. The van der Waals surface area contributed by atoms with E-state index >= 15 is 0 Å². The third kappa shape index (κ3) is 6.12. The molecule has 3 rings (SSSR count). The molecule has 2 aromatic carbocycles. The van der Waals surface area contributed by atoms with E-state index in [2.05, 4.69) is 10.3 Å². The zero-order valence-electron chi connectivity index (χ0n) is 16.4. The van der Waals surface area contributed by atoms with Crippen LogP contribution in [-0.2, 0) is 27.9 Å². The Bertz CT molecular complexity index is 1080. The Balaban J connectivity index is 1.65. The molecule has 0 saturated carbocycles. The van der Waals surface area contributed by atoms with Gasteiger partial charge in [0.05, 0.1) is 11.4 Å². The molecule has 0 fully saturated rings. The first-order chi connectivity index (χ1) is 14.4. The van der Waals surface area contributed by atoms with Crippen molar-refractivity contribution >= 4 is 33.2 Å². The van der Waals surface area contributed by atoms with Gasteiger partial charge >= 0.3 is 10.3 Å². The fourth-order valence-corrected chi connectivity index (χ4v) is 4.45. The number of hydrogen-bond acceptors (Lipinski definition) is 5. The van der Waals surface area contributed by atoms with Crippen molar-refractivity contribution in [2.45, 2.75) is 25.7 Å². The molecule has 0 aliphatic carbocycles. The van der Waals surface area contributed by atoms with Crippen LogP contribution in [0.5, 0.6) is 0 Å². The van der Waals surface area contributed by atoms with Crippen LogP contribution in [0.25, 0.3) is 0 Å². The van der Waals surface area contributed by atoms with Crippen molar-refractivity contribution in [3.05, 3.63) is 81.8 Å². The average Bonchev–Trinajstić information content (AvgIpc) is 3.18. The van der Waals surface area contributed by atoms with E-state index in [1.807, 2.05) is 47.4 Å². The summed E-state index contributed by atoms with van der Waals surface area (Å²) in [5.74, 6) is -0.569. The second-order valence-electron chi connectivity index (χ2n) is 6.69. The number of thiazole rings is 1. The quantitative estimate of drug-likeness (QED) is 0.438. The Hall–Kier alpha value is -2.75. The van der Waals surface area contributed by atoms with Crippen molar-refractivity contribution in [3.8, 4) is 0 Å². The first-order valence-corrected chi connectivity index (χ1v) is 11.8. The van der Waals surface area contributed by atoms with Crippen molar-refractivity contribution < 1.29 is 17.8 Å². The van der Waals surface area contributed by atoms with Gasteiger partial charge in [-0.2, -0.15) is 8.42 Å². The number of carbonyl (C=O) groups excluding carboxylic acids is 1. The summed E-state index contributed by atoms with van der Waals surface area (Å²) < 4.78 is 32.5. The molecular formula is C21H23N3O4S2. The molecule has 7 nitrogen and oxygen atoms in total. The molecule has 0 aliphatic heterocycles. The van der Waals surface area contributed by atoms with Crippen LogP contribution >= 0.6 is 11.3 Å².